The van der Waals surface area contributed by atoms with Crippen molar-refractivity contribution in [2.45, 2.75) is 58.3 Å². The first-order valence-corrected chi connectivity index (χ1v) is 11.7. The zero-order valence-electron chi connectivity index (χ0n) is 14.3. The van der Waals surface area contributed by atoms with Gasteiger partial charge in [0.2, 0.25) is 0 Å². The van der Waals surface area contributed by atoms with Crippen LogP contribution in [0.15, 0.2) is 24.3 Å². The summed E-state index contributed by atoms with van der Waals surface area (Å²) < 4.78 is 14.3. The van der Waals surface area contributed by atoms with Crippen LogP contribution in [0.3, 0.4) is 0 Å². The van der Waals surface area contributed by atoms with E-state index in [1.54, 1.807) is 12.1 Å². The summed E-state index contributed by atoms with van der Waals surface area (Å²) in [5.74, 6) is 0.487. The van der Waals surface area contributed by atoms with Crippen molar-refractivity contribution in [3.8, 4) is 5.75 Å². The summed E-state index contributed by atoms with van der Waals surface area (Å²) in [6.07, 6.45) is 9.32. The van der Waals surface area contributed by atoms with Crippen molar-refractivity contribution in [1.29, 1.82) is 0 Å². The number of hydrogen-bond donors (Lipinski definition) is 4. The van der Waals surface area contributed by atoms with Crippen LogP contribution in [0.2, 0.25) is 0 Å². The van der Waals surface area contributed by atoms with Crippen LogP contribution < -0.4 is 4.52 Å². The molecule has 2 atom stereocenters. The highest BCUT2D eigenvalue weighted by Crippen LogP contribution is 2.55. The minimum Gasteiger partial charge on any atom is -0.426 e. The highest BCUT2D eigenvalue weighted by atomic mass is 31.3. The van der Waals surface area contributed by atoms with Crippen molar-refractivity contribution in [2.75, 3.05) is 0 Å². The molecule has 0 aliphatic rings. The molecule has 1 aromatic carbocycles. The highest BCUT2D eigenvalue weighted by molar-refractivity contribution is 7.60. The van der Waals surface area contributed by atoms with Crippen molar-refractivity contribution in [3.05, 3.63) is 29.8 Å². The summed E-state index contributed by atoms with van der Waals surface area (Å²) in [5, 5.41) is 0. The molecule has 0 fully saturated rings. The third-order valence-corrected chi connectivity index (χ3v) is 6.09. The standard InChI is InChI=1S/C15H27O7P3/c1-2-3-4-5-6-7-8-11-14-12-9-10-13-15(14)20-24(18)22-25(19)21-23(16)17/h9-10,12-13,16-19H,2-8,11H2,1H3. The summed E-state index contributed by atoms with van der Waals surface area (Å²) in [4.78, 5) is 36.3. The summed E-state index contributed by atoms with van der Waals surface area (Å²) in [6, 6.07) is 7.33. The zero-order valence-corrected chi connectivity index (χ0v) is 17.0. The fourth-order valence-electron chi connectivity index (χ4n) is 2.31. The fourth-order valence-corrected chi connectivity index (χ4v) is 4.16. The Labute approximate surface area is 153 Å². The summed E-state index contributed by atoms with van der Waals surface area (Å²) in [5.41, 5.74) is 0.955. The first-order valence-electron chi connectivity index (χ1n) is 8.31. The second kappa shape index (κ2) is 14.2. The molecule has 7 nitrogen and oxygen atoms in total. The number of aryl methyl sites for hydroxylation is 1. The lowest BCUT2D eigenvalue weighted by atomic mass is 10.0. The van der Waals surface area contributed by atoms with Crippen LogP contribution in [0.5, 0.6) is 5.75 Å². The Bertz CT molecular complexity index is 465. The molecule has 0 heterocycles. The van der Waals surface area contributed by atoms with Crippen LogP contribution in [0, 0.1) is 0 Å². The molecule has 4 N–H and O–H groups in total. The SMILES string of the molecule is CCCCCCCCCc1ccccc1OP(O)OP(O)OP(O)O. The van der Waals surface area contributed by atoms with Crippen LogP contribution in [0.25, 0.3) is 0 Å². The predicted molar refractivity (Wildman–Crippen MR) is 101 cm³/mol. The topological polar surface area (TPSA) is 109 Å². The third-order valence-electron chi connectivity index (χ3n) is 3.48. The Balaban J connectivity index is 2.37. The van der Waals surface area contributed by atoms with Crippen LogP contribution in [-0.2, 0) is 15.0 Å². The molecule has 0 saturated heterocycles. The van der Waals surface area contributed by atoms with Gasteiger partial charge in [0.25, 0.3) is 0 Å². The molecule has 144 valence electrons. The lowest BCUT2D eigenvalue weighted by molar-refractivity contribution is 0.308. The van der Waals surface area contributed by atoms with E-state index in [0.717, 1.165) is 24.8 Å². The van der Waals surface area contributed by atoms with Gasteiger partial charge >= 0.3 is 25.8 Å². The Morgan fingerprint density at radius 2 is 1.44 bits per heavy atom. The normalized spacial score (nSPS) is 13.8. The first kappa shape index (κ1) is 23.1. The van der Waals surface area contributed by atoms with E-state index in [0.29, 0.717) is 5.75 Å². The van der Waals surface area contributed by atoms with Gasteiger partial charge in [-0.1, -0.05) is 63.6 Å². The van der Waals surface area contributed by atoms with Gasteiger partial charge in [0, 0.05) is 0 Å². The Morgan fingerprint density at radius 3 is 2.12 bits per heavy atom. The van der Waals surface area contributed by atoms with Crippen molar-refractivity contribution in [2.24, 2.45) is 0 Å². The molecular weight excluding hydrogens is 385 g/mol. The quantitative estimate of drug-likeness (QED) is 0.250. The van der Waals surface area contributed by atoms with Gasteiger partial charge in [-0.15, -0.1) is 0 Å². The minimum atomic E-state index is -2.75. The van der Waals surface area contributed by atoms with Gasteiger partial charge < -0.3 is 24.1 Å². The molecular formula is C15H27O7P3. The molecule has 2 unspecified atom stereocenters. The van der Waals surface area contributed by atoms with Crippen molar-refractivity contribution < 1.29 is 32.7 Å². The Kier molecular flexibility index (Phi) is 13.1. The van der Waals surface area contributed by atoms with Gasteiger partial charge in [0.1, 0.15) is 5.75 Å². The third kappa shape index (κ3) is 11.4. The molecule has 25 heavy (non-hydrogen) atoms. The Morgan fingerprint density at radius 1 is 0.800 bits per heavy atom. The smallest absolute Gasteiger partial charge is 0.401 e. The van der Waals surface area contributed by atoms with E-state index in [1.165, 1.54) is 32.1 Å². The van der Waals surface area contributed by atoms with Crippen LogP contribution in [0.1, 0.15) is 57.4 Å². The second-order valence-electron chi connectivity index (χ2n) is 5.46. The molecule has 1 aromatic rings. The van der Waals surface area contributed by atoms with E-state index in [9.17, 15) is 9.79 Å². The van der Waals surface area contributed by atoms with Crippen molar-refractivity contribution in [3.63, 3.8) is 0 Å². The monoisotopic (exact) mass is 412 g/mol. The molecule has 0 aromatic heterocycles. The molecule has 0 aliphatic heterocycles. The molecule has 0 aliphatic carbocycles. The second-order valence-corrected chi connectivity index (χ2v) is 8.41. The average Bonchev–Trinajstić information content (AvgIpc) is 2.54. The van der Waals surface area contributed by atoms with E-state index < -0.39 is 25.8 Å². The fraction of sp³-hybridized carbons (Fsp3) is 0.600. The molecule has 0 saturated carbocycles. The molecule has 1 rings (SSSR count). The summed E-state index contributed by atoms with van der Waals surface area (Å²) in [7, 11) is -7.79. The van der Waals surface area contributed by atoms with Gasteiger partial charge in [0.15, 0.2) is 0 Å². The maximum Gasteiger partial charge on any atom is 0.401 e. The molecule has 0 amide bonds. The number of benzene rings is 1. The van der Waals surface area contributed by atoms with Crippen LogP contribution in [-0.4, -0.2) is 19.6 Å². The predicted octanol–water partition coefficient (Wildman–Crippen LogP) is 5.04. The highest BCUT2D eigenvalue weighted by Gasteiger charge is 2.21. The first-order chi connectivity index (χ1) is 12.0. The van der Waals surface area contributed by atoms with Crippen molar-refractivity contribution in [1.82, 2.24) is 0 Å². The lowest BCUT2D eigenvalue weighted by Gasteiger charge is -2.16. The minimum absolute atomic E-state index is 0.487. The average molecular weight is 412 g/mol. The maximum absolute atomic E-state index is 9.74. The van der Waals surface area contributed by atoms with E-state index in [2.05, 4.69) is 11.2 Å². The van der Waals surface area contributed by atoms with Gasteiger partial charge in [-0.2, -0.15) is 0 Å². The molecule has 0 bridgehead atoms. The zero-order chi connectivity index (χ0) is 18.5. The summed E-state index contributed by atoms with van der Waals surface area (Å²) >= 11 is 0. The van der Waals surface area contributed by atoms with Crippen LogP contribution >= 0.6 is 25.8 Å². The van der Waals surface area contributed by atoms with E-state index in [1.807, 2.05) is 12.1 Å². The summed E-state index contributed by atoms with van der Waals surface area (Å²) in [6.45, 7) is 2.20. The number of unbranched alkanes of at least 4 members (excludes halogenated alkanes) is 6. The molecule has 10 heteroatoms. The van der Waals surface area contributed by atoms with Gasteiger partial charge in [-0.05, 0) is 24.5 Å². The lowest BCUT2D eigenvalue weighted by Crippen LogP contribution is -1.95. The number of rotatable bonds is 14. The Hall–Kier alpha value is 0.0700. The van der Waals surface area contributed by atoms with Gasteiger partial charge in [0.05, 0.1) is 0 Å². The van der Waals surface area contributed by atoms with Crippen LogP contribution in [0.4, 0.5) is 0 Å². The maximum atomic E-state index is 9.74. The molecule has 0 radical (unpaired) electrons. The number of hydrogen-bond acceptors (Lipinski definition) is 7. The largest absolute Gasteiger partial charge is 0.426 e. The number of para-hydroxylation sites is 1. The van der Waals surface area contributed by atoms with Gasteiger partial charge in [-0.25, -0.2) is 8.62 Å². The van der Waals surface area contributed by atoms with Gasteiger partial charge in [-0.3, -0.25) is 0 Å². The van der Waals surface area contributed by atoms with E-state index >= 15 is 0 Å². The molecule has 0 spiro atoms. The van der Waals surface area contributed by atoms with Crippen molar-refractivity contribution >= 4 is 25.8 Å². The van der Waals surface area contributed by atoms with E-state index in [4.69, 9.17) is 18.6 Å². The van der Waals surface area contributed by atoms with E-state index in [-0.39, 0.29) is 0 Å².